The molecule has 0 amide bonds. The SMILES string of the molecule is OC(CCc1nc2ccccc2s1)Nc1ccccc1. The second-order valence-electron chi connectivity index (χ2n) is 4.64. The van der Waals surface area contributed by atoms with Crippen LogP contribution in [0.5, 0.6) is 0 Å². The average molecular weight is 284 g/mol. The number of thiazole rings is 1. The molecular weight excluding hydrogens is 268 g/mol. The number of aliphatic hydroxyl groups is 1. The first-order valence-corrected chi connectivity index (χ1v) is 7.47. The molecule has 0 bridgehead atoms. The van der Waals surface area contributed by atoms with Gasteiger partial charge in [-0.25, -0.2) is 4.98 Å². The number of benzene rings is 2. The average Bonchev–Trinajstić information content (AvgIpc) is 2.89. The zero-order chi connectivity index (χ0) is 13.8. The van der Waals surface area contributed by atoms with Crippen LogP contribution in [0.4, 0.5) is 5.69 Å². The zero-order valence-corrected chi connectivity index (χ0v) is 11.8. The maximum atomic E-state index is 10.0. The van der Waals surface area contributed by atoms with E-state index in [4.69, 9.17) is 0 Å². The highest BCUT2D eigenvalue weighted by atomic mass is 32.1. The number of aromatic nitrogens is 1. The van der Waals surface area contributed by atoms with Gasteiger partial charge in [-0.15, -0.1) is 11.3 Å². The minimum Gasteiger partial charge on any atom is -0.374 e. The fraction of sp³-hybridized carbons (Fsp3) is 0.188. The number of aliphatic hydroxyl groups excluding tert-OH is 1. The third kappa shape index (κ3) is 3.15. The van der Waals surface area contributed by atoms with Gasteiger partial charge in [-0.3, -0.25) is 0 Å². The molecule has 3 rings (SSSR count). The van der Waals surface area contributed by atoms with Crippen molar-refractivity contribution in [2.75, 3.05) is 5.32 Å². The topological polar surface area (TPSA) is 45.2 Å². The van der Waals surface area contributed by atoms with Gasteiger partial charge in [0.25, 0.3) is 0 Å². The summed E-state index contributed by atoms with van der Waals surface area (Å²) >= 11 is 1.70. The fourth-order valence-electron chi connectivity index (χ4n) is 2.09. The van der Waals surface area contributed by atoms with Crippen molar-refractivity contribution < 1.29 is 5.11 Å². The Kier molecular flexibility index (Phi) is 3.95. The maximum absolute atomic E-state index is 10.0. The summed E-state index contributed by atoms with van der Waals surface area (Å²) < 4.78 is 1.20. The van der Waals surface area contributed by atoms with E-state index >= 15 is 0 Å². The first kappa shape index (κ1) is 13.1. The largest absolute Gasteiger partial charge is 0.374 e. The Hall–Kier alpha value is -1.91. The highest BCUT2D eigenvalue weighted by Crippen LogP contribution is 2.22. The highest BCUT2D eigenvalue weighted by Gasteiger charge is 2.07. The fourth-order valence-corrected chi connectivity index (χ4v) is 3.07. The third-order valence-electron chi connectivity index (χ3n) is 3.08. The van der Waals surface area contributed by atoms with Crippen molar-refractivity contribution in [2.24, 2.45) is 0 Å². The lowest BCUT2D eigenvalue weighted by molar-refractivity contribution is 0.193. The van der Waals surface area contributed by atoms with Crippen LogP contribution in [0.25, 0.3) is 10.2 Å². The van der Waals surface area contributed by atoms with Crippen molar-refractivity contribution in [2.45, 2.75) is 19.1 Å². The molecular formula is C16H16N2OS. The number of anilines is 1. The Morgan fingerprint density at radius 2 is 1.80 bits per heavy atom. The molecule has 0 saturated carbocycles. The van der Waals surface area contributed by atoms with Crippen molar-refractivity contribution in [3.05, 3.63) is 59.6 Å². The van der Waals surface area contributed by atoms with Crippen molar-refractivity contribution in [1.82, 2.24) is 4.98 Å². The van der Waals surface area contributed by atoms with Crippen molar-refractivity contribution in [3.63, 3.8) is 0 Å². The molecule has 0 aliphatic carbocycles. The van der Waals surface area contributed by atoms with Gasteiger partial charge in [-0.1, -0.05) is 30.3 Å². The molecule has 0 spiro atoms. The van der Waals surface area contributed by atoms with Gasteiger partial charge < -0.3 is 10.4 Å². The van der Waals surface area contributed by atoms with Gasteiger partial charge in [-0.2, -0.15) is 0 Å². The number of hydrogen-bond acceptors (Lipinski definition) is 4. The smallest absolute Gasteiger partial charge is 0.124 e. The molecule has 1 unspecified atom stereocenters. The second kappa shape index (κ2) is 6.03. The molecule has 0 aliphatic heterocycles. The van der Waals surface area contributed by atoms with Gasteiger partial charge in [0.1, 0.15) is 6.23 Å². The number of para-hydroxylation sites is 2. The van der Waals surface area contributed by atoms with E-state index in [1.807, 2.05) is 48.5 Å². The van der Waals surface area contributed by atoms with Crippen molar-refractivity contribution in [3.8, 4) is 0 Å². The lowest BCUT2D eigenvalue weighted by atomic mass is 10.2. The van der Waals surface area contributed by atoms with Crippen LogP contribution in [-0.4, -0.2) is 16.3 Å². The Balaban J connectivity index is 1.58. The molecule has 0 saturated heterocycles. The Morgan fingerprint density at radius 1 is 1.05 bits per heavy atom. The second-order valence-corrected chi connectivity index (χ2v) is 5.76. The Bertz CT molecular complexity index is 648. The molecule has 20 heavy (non-hydrogen) atoms. The van der Waals surface area contributed by atoms with Gasteiger partial charge in [0.15, 0.2) is 0 Å². The quantitative estimate of drug-likeness (QED) is 0.703. The van der Waals surface area contributed by atoms with Crippen LogP contribution >= 0.6 is 11.3 Å². The predicted octanol–water partition coefficient (Wildman–Crippen LogP) is 3.66. The van der Waals surface area contributed by atoms with Gasteiger partial charge in [-0.05, 0) is 30.7 Å². The molecule has 4 heteroatoms. The van der Waals surface area contributed by atoms with E-state index < -0.39 is 6.23 Å². The maximum Gasteiger partial charge on any atom is 0.124 e. The summed E-state index contributed by atoms with van der Waals surface area (Å²) in [5.41, 5.74) is 1.97. The Morgan fingerprint density at radius 3 is 2.60 bits per heavy atom. The van der Waals surface area contributed by atoms with E-state index in [2.05, 4.69) is 16.4 Å². The molecule has 3 nitrogen and oxygen atoms in total. The van der Waals surface area contributed by atoms with Crippen LogP contribution < -0.4 is 5.32 Å². The molecule has 3 aromatic rings. The summed E-state index contributed by atoms with van der Waals surface area (Å²) in [5.74, 6) is 0. The normalized spacial score (nSPS) is 12.4. The summed E-state index contributed by atoms with van der Waals surface area (Å²) in [6.07, 6.45) is 0.874. The molecule has 2 N–H and O–H groups in total. The summed E-state index contributed by atoms with van der Waals surface area (Å²) in [5, 5.41) is 14.2. The molecule has 1 heterocycles. The van der Waals surface area contributed by atoms with Gasteiger partial charge in [0, 0.05) is 12.1 Å². The van der Waals surface area contributed by atoms with Crippen LogP contribution in [0.3, 0.4) is 0 Å². The van der Waals surface area contributed by atoms with Crippen molar-refractivity contribution in [1.29, 1.82) is 0 Å². The molecule has 1 atom stereocenters. The van der Waals surface area contributed by atoms with E-state index in [9.17, 15) is 5.11 Å². The first-order valence-electron chi connectivity index (χ1n) is 6.65. The van der Waals surface area contributed by atoms with Crippen LogP contribution in [-0.2, 0) is 6.42 Å². The van der Waals surface area contributed by atoms with E-state index in [1.165, 1.54) is 4.70 Å². The third-order valence-corrected chi connectivity index (χ3v) is 4.17. The van der Waals surface area contributed by atoms with Crippen LogP contribution in [0.2, 0.25) is 0 Å². The number of nitrogens with zero attached hydrogens (tertiary/aromatic N) is 1. The van der Waals surface area contributed by atoms with Crippen LogP contribution in [0, 0.1) is 0 Å². The van der Waals surface area contributed by atoms with Gasteiger partial charge in [0.05, 0.1) is 15.2 Å². The summed E-state index contributed by atoms with van der Waals surface area (Å²) in [7, 11) is 0. The van der Waals surface area contributed by atoms with E-state index in [1.54, 1.807) is 11.3 Å². The van der Waals surface area contributed by atoms with Gasteiger partial charge in [0.2, 0.25) is 0 Å². The van der Waals surface area contributed by atoms with Gasteiger partial charge >= 0.3 is 0 Å². The standard InChI is InChI=1S/C16H16N2OS/c19-15(17-12-6-2-1-3-7-12)10-11-16-18-13-8-4-5-9-14(13)20-16/h1-9,15,17,19H,10-11H2. The zero-order valence-electron chi connectivity index (χ0n) is 11.0. The minimum atomic E-state index is -0.551. The van der Waals surface area contributed by atoms with Crippen molar-refractivity contribution >= 4 is 27.2 Å². The molecule has 0 fully saturated rings. The molecule has 0 aliphatic rings. The first-order chi connectivity index (χ1) is 9.81. The summed E-state index contributed by atoms with van der Waals surface area (Å²) in [6, 6.07) is 17.9. The molecule has 0 radical (unpaired) electrons. The number of aryl methyl sites for hydroxylation is 1. The minimum absolute atomic E-state index is 0.551. The lowest BCUT2D eigenvalue weighted by Gasteiger charge is -2.13. The molecule has 1 aromatic heterocycles. The van der Waals surface area contributed by atoms with E-state index in [0.29, 0.717) is 6.42 Å². The molecule has 2 aromatic carbocycles. The van der Waals surface area contributed by atoms with Crippen LogP contribution in [0.15, 0.2) is 54.6 Å². The summed E-state index contributed by atoms with van der Waals surface area (Å²) in [6.45, 7) is 0. The van der Waals surface area contributed by atoms with Crippen LogP contribution in [0.1, 0.15) is 11.4 Å². The van der Waals surface area contributed by atoms with E-state index in [0.717, 1.165) is 22.6 Å². The summed E-state index contributed by atoms with van der Waals surface area (Å²) in [4.78, 5) is 4.57. The highest BCUT2D eigenvalue weighted by molar-refractivity contribution is 7.18. The number of hydrogen-bond donors (Lipinski definition) is 2. The monoisotopic (exact) mass is 284 g/mol. The number of fused-ring (bicyclic) bond motifs is 1. The molecule has 102 valence electrons. The number of nitrogens with one attached hydrogen (secondary N) is 1. The number of rotatable bonds is 5. The Labute approximate surface area is 121 Å². The predicted molar refractivity (Wildman–Crippen MR) is 84.0 cm³/mol. The van der Waals surface area contributed by atoms with E-state index in [-0.39, 0.29) is 0 Å². The lowest BCUT2D eigenvalue weighted by Crippen LogP contribution is -2.19.